The second-order valence-electron chi connectivity index (χ2n) is 3.91. The van der Waals surface area contributed by atoms with Gasteiger partial charge in [0.15, 0.2) is 0 Å². The summed E-state index contributed by atoms with van der Waals surface area (Å²) in [6.07, 6.45) is -5.91. The van der Waals surface area contributed by atoms with Crippen molar-refractivity contribution in [2.24, 2.45) is 0 Å². The van der Waals surface area contributed by atoms with Crippen LogP contribution in [0, 0.1) is 0 Å². The van der Waals surface area contributed by atoms with E-state index in [-0.39, 0.29) is 19.3 Å². The molecule has 1 aliphatic carbocycles. The topological polar surface area (TPSA) is 129 Å². The summed E-state index contributed by atoms with van der Waals surface area (Å²) in [5, 5.41) is 17.1. The number of carboxylic acid groups (broad SMARTS) is 2. The molecule has 1 rings (SSSR count). The summed E-state index contributed by atoms with van der Waals surface area (Å²) in [6, 6.07) is 0. The van der Waals surface area contributed by atoms with Crippen LogP contribution in [0.25, 0.3) is 0 Å². The van der Waals surface area contributed by atoms with Crippen LogP contribution < -0.4 is 0 Å². The second-order valence-corrected chi connectivity index (χ2v) is 3.91. The Balaban J connectivity index is 2.62. The molecule has 0 aliphatic heterocycles. The highest BCUT2D eigenvalue weighted by Crippen LogP contribution is 2.26. The number of rotatable bonds is 3. The minimum absolute atomic E-state index is 0.0830. The molecule has 1 fully saturated rings. The molecule has 0 aromatic carbocycles. The van der Waals surface area contributed by atoms with Crippen LogP contribution in [0.2, 0.25) is 0 Å². The summed E-state index contributed by atoms with van der Waals surface area (Å²) >= 11 is 0. The predicted molar refractivity (Wildman–Crippen MR) is 56.9 cm³/mol. The molecule has 0 radical (unpaired) electrons. The van der Waals surface area contributed by atoms with E-state index in [1.54, 1.807) is 0 Å². The van der Waals surface area contributed by atoms with Gasteiger partial charge in [-0.25, -0.2) is 14.4 Å². The summed E-state index contributed by atoms with van der Waals surface area (Å²) in [7, 11) is 1.13. The first kappa shape index (κ1) is 14.9. The van der Waals surface area contributed by atoms with Gasteiger partial charge in [0.25, 0.3) is 0 Å². The van der Waals surface area contributed by atoms with Crippen molar-refractivity contribution in [2.75, 3.05) is 7.11 Å². The fraction of sp³-hybridized carbons (Fsp3) is 0.700. The van der Waals surface area contributed by atoms with Gasteiger partial charge in [0.1, 0.15) is 18.3 Å². The van der Waals surface area contributed by atoms with Gasteiger partial charge >= 0.3 is 18.5 Å². The standard InChI is InChI=1S/C10H14O9/c1-16-10(15)19-7-3-5(17-8(11)12)2-6(4-7)18-9(13)14/h5-7H,2-4H2,1H3,(H,11,12)(H,13,14). The predicted octanol–water partition coefficient (Wildman–Crippen LogP) is 1.45. The third-order valence-electron chi connectivity index (χ3n) is 2.54. The smallest absolute Gasteiger partial charge is 0.450 e. The van der Waals surface area contributed by atoms with Gasteiger partial charge in [-0.2, -0.15) is 0 Å². The van der Waals surface area contributed by atoms with Gasteiger partial charge in [0, 0.05) is 19.3 Å². The monoisotopic (exact) mass is 278 g/mol. The van der Waals surface area contributed by atoms with Crippen molar-refractivity contribution in [1.29, 1.82) is 0 Å². The Morgan fingerprint density at radius 1 is 0.842 bits per heavy atom. The quantitative estimate of drug-likeness (QED) is 0.581. The zero-order valence-electron chi connectivity index (χ0n) is 10.1. The Hall–Kier alpha value is -2.19. The van der Waals surface area contributed by atoms with Crippen molar-refractivity contribution in [2.45, 2.75) is 37.6 Å². The van der Waals surface area contributed by atoms with E-state index < -0.39 is 36.8 Å². The van der Waals surface area contributed by atoms with E-state index in [4.69, 9.17) is 14.9 Å². The highest BCUT2D eigenvalue weighted by atomic mass is 16.7. The Labute approximate surface area is 108 Å². The third kappa shape index (κ3) is 5.32. The number of carbonyl (C=O) groups is 3. The number of ether oxygens (including phenoxy) is 4. The summed E-state index contributed by atoms with van der Waals surface area (Å²) in [6.45, 7) is 0. The molecule has 0 amide bonds. The molecule has 0 heterocycles. The fourth-order valence-electron chi connectivity index (χ4n) is 1.93. The third-order valence-corrected chi connectivity index (χ3v) is 2.54. The molecule has 0 saturated heterocycles. The number of hydrogen-bond acceptors (Lipinski definition) is 7. The van der Waals surface area contributed by atoms with Gasteiger partial charge in [-0.15, -0.1) is 0 Å². The van der Waals surface area contributed by atoms with Crippen LogP contribution in [-0.2, 0) is 18.9 Å². The molecule has 0 spiro atoms. The van der Waals surface area contributed by atoms with Gasteiger partial charge in [-0.3, -0.25) is 0 Å². The van der Waals surface area contributed by atoms with E-state index in [1.165, 1.54) is 0 Å². The van der Waals surface area contributed by atoms with Gasteiger partial charge in [0.05, 0.1) is 7.11 Å². The first-order chi connectivity index (χ1) is 8.90. The first-order valence-electron chi connectivity index (χ1n) is 5.44. The van der Waals surface area contributed by atoms with Gasteiger partial charge in [0.2, 0.25) is 0 Å². The minimum Gasteiger partial charge on any atom is -0.450 e. The van der Waals surface area contributed by atoms with Crippen LogP contribution in [0.5, 0.6) is 0 Å². The van der Waals surface area contributed by atoms with Gasteiger partial charge in [-0.05, 0) is 0 Å². The molecule has 19 heavy (non-hydrogen) atoms. The molecule has 9 heteroatoms. The maximum Gasteiger partial charge on any atom is 0.508 e. The van der Waals surface area contributed by atoms with Crippen molar-refractivity contribution >= 4 is 18.5 Å². The minimum atomic E-state index is -1.49. The molecule has 2 N–H and O–H groups in total. The number of hydrogen-bond donors (Lipinski definition) is 2. The Morgan fingerprint density at radius 2 is 1.21 bits per heavy atom. The average molecular weight is 278 g/mol. The van der Waals surface area contributed by atoms with Crippen LogP contribution in [0.15, 0.2) is 0 Å². The molecule has 9 nitrogen and oxygen atoms in total. The van der Waals surface area contributed by atoms with Crippen molar-refractivity contribution in [3.05, 3.63) is 0 Å². The largest absolute Gasteiger partial charge is 0.508 e. The van der Waals surface area contributed by atoms with E-state index in [1.807, 2.05) is 0 Å². The molecule has 108 valence electrons. The van der Waals surface area contributed by atoms with Crippen LogP contribution in [0.4, 0.5) is 14.4 Å². The van der Waals surface area contributed by atoms with Crippen molar-refractivity contribution in [3.63, 3.8) is 0 Å². The van der Waals surface area contributed by atoms with Gasteiger partial charge < -0.3 is 29.2 Å². The molecular formula is C10H14O9. The zero-order chi connectivity index (χ0) is 14.4. The molecule has 1 saturated carbocycles. The lowest BCUT2D eigenvalue weighted by Crippen LogP contribution is -2.39. The zero-order valence-corrected chi connectivity index (χ0v) is 10.1. The van der Waals surface area contributed by atoms with Crippen molar-refractivity contribution in [3.8, 4) is 0 Å². The van der Waals surface area contributed by atoms with Crippen LogP contribution >= 0.6 is 0 Å². The maximum absolute atomic E-state index is 11.0. The SMILES string of the molecule is COC(=O)OC1CC(OC(=O)O)CC(OC(=O)O)C1. The van der Waals surface area contributed by atoms with Crippen molar-refractivity contribution < 1.29 is 43.5 Å². The number of methoxy groups -OCH3 is 1. The Morgan fingerprint density at radius 3 is 1.53 bits per heavy atom. The van der Waals surface area contributed by atoms with Crippen LogP contribution in [0.1, 0.15) is 19.3 Å². The lowest BCUT2D eigenvalue weighted by Gasteiger charge is -2.32. The van der Waals surface area contributed by atoms with E-state index in [2.05, 4.69) is 14.2 Å². The second kappa shape index (κ2) is 6.66. The molecule has 0 bridgehead atoms. The normalized spacial score (nSPS) is 26.1. The summed E-state index contributed by atoms with van der Waals surface area (Å²) in [5.41, 5.74) is 0. The Kier molecular flexibility index (Phi) is 5.22. The summed E-state index contributed by atoms with van der Waals surface area (Å²) in [4.78, 5) is 31.9. The molecule has 0 aromatic rings. The van der Waals surface area contributed by atoms with Crippen molar-refractivity contribution in [1.82, 2.24) is 0 Å². The highest BCUT2D eigenvalue weighted by Gasteiger charge is 2.35. The summed E-state index contributed by atoms with van der Waals surface area (Å²) in [5.74, 6) is 0. The Bertz CT molecular complexity index is 329. The highest BCUT2D eigenvalue weighted by molar-refractivity contribution is 5.60. The number of carbonyl (C=O) groups excluding carboxylic acids is 1. The molecule has 1 aliphatic rings. The lowest BCUT2D eigenvalue weighted by atomic mass is 9.92. The van der Waals surface area contributed by atoms with Crippen LogP contribution in [0.3, 0.4) is 0 Å². The average Bonchev–Trinajstić information content (AvgIpc) is 2.26. The lowest BCUT2D eigenvalue weighted by molar-refractivity contribution is -0.0676. The maximum atomic E-state index is 11.0. The summed E-state index contributed by atoms with van der Waals surface area (Å²) < 4.78 is 18.3. The molecular weight excluding hydrogens is 264 g/mol. The van der Waals surface area contributed by atoms with E-state index in [0.29, 0.717) is 0 Å². The molecule has 0 aromatic heterocycles. The fourth-order valence-corrected chi connectivity index (χ4v) is 1.93. The van der Waals surface area contributed by atoms with E-state index in [9.17, 15) is 14.4 Å². The first-order valence-corrected chi connectivity index (χ1v) is 5.44. The van der Waals surface area contributed by atoms with E-state index in [0.717, 1.165) is 7.11 Å². The van der Waals surface area contributed by atoms with Crippen LogP contribution in [-0.4, -0.2) is 54.1 Å². The molecule has 2 unspecified atom stereocenters. The molecule has 2 atom stereocenters. The van der Waals surface area contributed by atoms with Gasteiger partial charge in [-0.1, -0.05) is 0 Å². The van der Waals surface area contributed by atoms with E-state index >= 15 is 0 Å².